The fraction of sp³-hybridized carbons (Fsp3) is 0.400. The van der Waals surface area contributed by atoms with Gasteiger partial charge in [0, 0.05) is 11.5 Å². The van der Waals surface area contributed by atoms with E-state index in [2.05, 4.69) is 29.8 Å². The number of nitrogens with zero attached hydrogens (tertiary/aromatic N) is 3. The lowest BCUT2D eigenvalue weighted by atomic mass is 9.73. The van der Waals surface area contributed by atoms with Crippen LogP contribution in [-0.2, 0) is 13.0 Å². The van der Waals surface area contributed by atoms with Crippen molar-refractivity contribution in [1.82, 2.24) is 15.0 Å². The average Bonchev–Trinajstić information content (AvgIpc) is 3.05. The molecule has 0 spiro atoms. The molecule has 1 aliphatic carbocycles. The highest BCUT2D eigenvalue weighted by atomic mass is 16.3. The van der Waals surface area contributed by atoms with E-state index in [-0.39, 0.29) is 23.3 Å². The van der Waals surface area contributed by atoms with Crippen LogP contribution in [0.1, 0.15) is 43.7 Å². The number of aromatic hydroxyl groups is 2. The summed E-state index contributed by atoms with van der Waals surface area (Å²) in [4.78, 5) is 1.59. The maximum Gasteiger partial charge on any atom is 0.123 e. The first-order chi connectivity index (χ1) is 12.0. The van der Waals surface area contributed by atoms with Crippen LogP contribution >= 0.6 is 0 Å². The van der Waals surface area contributed by atoms with E-state index in [1.807, 2.05) is 6.92 Å². The molecule has 0 amide bonds. The average molecular weight is 339 g/mol. The van der Waals surface area contributed by atoms with Gasteiger partial charge in [-0.05, 0) is 56.7 Å². The molecule has 1 aliphatic rings. The molecule has 0 saturated carbocycles. The predicted octanol–water partition coefficient (Wildman–Crippen LogP) is 3.95. The van der Waals surface area contributed by atoms with Gasteiger partial charge in [-0.15, -0.1) is 0 Å². The van der Waals surface area contributed by atoms with Crippen LogP contribution in [0.4, 0.5) is 0 Å². The number of allylic oxidation sites excluding steroid dienone is 3. The summed E-state index contributed by atoms with van der Waals surface area (Å²) < 4.78 is 0. The summed E-state index contributed by atoms with van der Waals surface area (Å²) in [6.45, 7) is 8.82. The van der Waals surface area contributed by atoms with Crippen LogP contribution in [-0.4, -0.2) is 25.2 Å². The Kier molecular flexibility index (Phi) is 4.93. The minimum atomic E-state index is -0.0342. The SMILES string of the molecule is C=C(C)[C@@H]1CCC(C)=C[C@H]1c1c(O)cc(CCn2nccn2)cc1O. The predicted molar refractivity (Wildman–Crippen MR) is 97.5 cm³/mol. The minimum absolute atomic E-state index is 0.0342. The molecule has 1 aromatic heterocycles. The number of rotatable bonds is 5. The van der Waals surface area contributed by atoms with Gasteiger partial charge in [0.05, 0.1) is 18.9 Å². The van der Waals surface area contributed by atoms with Gasteiger partial charge >= 0.3 is 0 Å². The third-order valence-electron chi connectivity index (χ3n) is 4.98. The molecule has 2 N–H and O–H groups in total. The van der Waals surface area contributed by atoms with Crippen LogP contribution in [0.25, 0.3) is 0 Å². The standard InChI is InChI=1S/C20H25N3O2/c1-13(2)16-5-4-14(3)10-17(16)20-18(24)11-15(12-19(20)25)6-9-23-21-7-8-22-23/h7-8,10-12,16-17,24-25H,1,4-6,9H2,2-3H3/t16-,17+/m0/s1. The van der Waals surface area contributed by atoms with E-state index in [4.69, 9.17) is 0 Å². The maximum absolute atomic E-state index is 10.6. The van der Waals surface area contributed by atoms with Crippen LogP contribution < -0.4 is 0 Å². The zero-order valence-corrected chi connectivity index (χ0v) is 14.8. The van der Waals surface area contributed by atoms with Gasteiger partial charge in [-0.1, -0.05) is 23.8 Å². The van der Waals surface area contributed by atoms with Crippen molar-refractivity contribution in [1.29, 1.82) is 0 Å². The number of aromatic nitrogens is 3. The van der Waals surface area contributed by atoms with Crippen molar-refractivity contribution in [2.24, 2.45) is 5.92 Å². The molecule has 25 heavy (non-hydrogen) atoms. The van der Waals surface area contributed by atoms with Crippen molar-refractivity contribution < 1.29 is 10.2 Å². The van der Waals surface area contributed by atoms with Gasteiger partial charge in [0.2, 0.25) is 0 Å². The van der Waals surface area contributed by atoms with Crippen molar-refractivity contribution in [2.75, 3.05) is 0 Å². The summed E-state index contributed by atoms with van der Waals surface area (Å²) in [5.41, 5.74) is 3.84. The highest BCUT2D eigenvalue weighted by Gasteiger charge is 2.30. The normalized spacial score (nSPS) is 20.3. The Balaban J connectivity index is 1.88. The second-order valence-corrected chi connectivity index (χ2v) is 6.95. The second kappa shape index (κ2) is 7.13. The van der Waals surface area contributed by atoms with Crippen molar-refractivity contribution in [3.63, 3.8) is 0 Å². The van der Waals surface area contributed by atoms with Crippen LogP contribution in [0, 0.1) is 5.92 Å². The quantitative estimate of drug-likeness (QED) is 0.809. The third kappa shape index (κ3) is 3.76. The summed E-state index contributed by atoms with van der Waals surface area (Å²) in [6.07, 6.45) is 8.09. The molecular formula is C20H25N3O2. The molecule has 2 aromatic rings. The Morgan fingerprint density at radius 3 is 2.48 bits per heavy atom. The number of hydrogen-bond acceptors (Lipinski definition) is 4. The summed E-state index contributed by atoms with van der Waals surface area (Å²) >= 11 is 0. The fourth-order valence-electron chi connectivity index (χ4n) is 3.66. The van der Waals surface area contributed by atoms with E-state index in [1.165, 1.54) is 5.57 Å². The molecule has 0 aliphatic heterocycles. The zero-order valence-electron chi connectivity index (χ0n) is 14.8. The Bertz CT molecular complexity index is 770. The largest absolute Gasteiger partial charge is 0.507 e. The Hall–Kier alpha value is -2.56. The molecule has 3 rings (SSSR count). The van der Waals surface area contributed by atoms with Crippen molar-refractivity contribution in [3.05, 3.63) is 59.5 Å². The molecule has 5 heteroatoms. The first kappa shape index (κ1) is 17.3. The molecule has 1 heterocycles. The smallest absolute Gasteiger partial charge is 0.123 e. The Morgan fingerprint density at radius 2 is 1.88 bits per heavy atom. The van der Waals surface area contributed by atoms with Gasteiger partial charge < -0.3 is 10.2 Å². The molecule has 0 radical (unpaired) electrons. The van der Waals surface area contributed by atoms with E-state index in [0.29, 0.717) is 18.5 Å². The number of phenols is 2. The molecule has 2 atom stereocenters. The Morgan fingerprint density at radius 1 is 1.24 bits per heavy atom. The Labute approximate surface area is 148 Å². The van der Waals surface area contributed by atoms with Crippen molar-refractivity contribution in [2.45, 2.75) is 45.6 Å². The molecule has 0 saturated heterocycles. The number of benzene rings is 1. The molecule has 0 bridgehead atoms. The van der Waals surface area contributed by atoms with Gasteiger partial charge in [-0.3, -0.25) is 0 Å². The molecule has 0 unspecified atom stereocenters. The molecule has 5 nitrogen and oxygen atoms in total. The number of phenolic OH excluding ortho intramolecular Hbond substituents is 2. The fourth-order valence-corrected chi connectivity index (χ4v) is 3.66. The van der Waals surface area contributed by atoms with Crippen LogP contribution in [0.5, 0.6) is 11.5 Å². The topological polar surface area (TPSA) is 71.2 Å². The first-order valence-electron chi connectivity index (χ1n) is 8.67. The van der Waals surface area contributed by atoms with Crippen LogP contribution in [0.3, 0.4) is 0 Å². The monoisotopic (exact) mass is 339 g/mol. The summed E-state index contributed by atoms with van der Waals surface area (Å²) in [5.74, 6) is 0.490. The zero-order chi connectivity index (χ0) is 18.0. The lowest BCUT2D eigenvalue weighted by molar-refractivity contribution is 0.405. The van der Waals surface area contributed by atoms with E-state index in [9.17, 15) is 10.2 Å². The van der Waals surface area contributed by atoms with Crippen molar-refractivity contribution >= 4 is 0 Å². The van der Waals surface area contributed by atoms with Crippen LogP contribution in [0.15, 0.2) is 48.3 Å². The molecule has 0 fully saturated rings. The highest BCUT2D eigenvalue weighted by Crippen LogP contribution is 2.46. The minimum Gasteiger partial charge on any atom is -0.507 e. The van der Waals surface area contributed by atoms with Crippen LogP contribution in [0.2, 0.25) is 0 Å². The summed E-state index contributed by atoms with van der Waals surface area (Å²) in [7, 11) is 0. The van der Waals surface area contributed by atoms with Gasteiger partial charge in [-0.2, -0.15) is 15.0 Å². The molecule has 132 valence electrons. The maximum atomic E-state index is 10.6. The van der Waals surface area contributed by atoms with Gasteiger partial charge in [-0.25, -0.2) is 0 Å². The lowest BCUT2D eigenvalue weighted by Crippen LogP contribution is -2.17. The molecular weight excluding hydrogens is 314 g/mol. The van der Waals surface area contributed by atoms with Crippen molar-refractivity contribution in [3.8, 4) is 11.5 Å². The highest BCUT2D eigenvalue weighted by molar-refractivity contribution is 5.51. The van der Waals surface area contributed by atoms with E-state index in [1.54, 1.807) is 29.3 Å². The van der Waals surface area contributed by atoms with Gasteiger partial charge in [0.25, 0.3) is 0 Å². The number of aryl methyl sites for hydroxylation is 2. The lowest BCUT2D eigenvalue weighted by Gasteiger charge is -2.31. The van der Waals surface area contributed by atoms with Gasteiger partial charge in [0.1, 0.15) is 11.5 Å². The van der Waals surface area contributed by atoms with E-state index in [0.717, 1.165) is 24.0 Å². The van der Waals surface area contributed by atoms with Gasteiger partial charge in [0.15, 0.2) is 0 Å². The second-order valence-electron chi connectivity index (χ2n) is 6.95. The third-order valence-corrected chi connectivity index (χ3v) is 4.98. The summed E-state index contributed by atoms with van der Waals surface area (Å²) in [6, 6.07) is 3.48. The first-order valence-corrected chi connectivity index (χ1v) is 8.67. The molecule has 1 aromatic carbocycles. The number of hydrogen-bond donors (Lipinski definition) is 2. The van der Waals surface area contributed by atoms with E-state index < -0.39 is 0 Å². The van der Waals surface area contributed by atoms with E-state index >= 15 is 0 Å². The summed E-state index contributed by atoms with van der Waals surface area (Å²) in [5, 5.41) is 29.4.